The Morgan fingerprint density at radius 3 is 2.33 bits per heavy atom. The van der Waals surface area contributed by atoms with Crippen LogP contribution in [0.1, 0.15) is 36.8 Å². The number of benzene rings is 1. The van der Waals surface area contributed by atoms with E-state index >= 15 is 0 Å². The highest BCUT2D eigenvalue weighted by Gasteiger charge is 2.19. The van der Waals surface area contributed by atoms with Gasteiger partial charge in [-0.15, -0.1) is 11.3 Å². The highest BCUT2D eigenvalue weighted by Crippen LogP contribution is 2.37. The first-order chi connectivity index (χ1) is 6.91. The highest BCUT2D eigenvalue weighted by molar-refractivity contribution is 7.19. The second kappa shape index (κ2) is 3.34. The molecule has 0 unspecified atom stereocenters. The van der Waals surface area contributed by atoms with E-state index in [0.29, 0.717) is 0 Å². The first-order valence-electron chi connectivity index (χ1n) is 5.40. The van der Waals surface area contributed by atoms with Crippen molar-refractivity contribution in [3.63, 3.8) is 0 Å². The molecule has 0 saturated heterocycles. The molecule has 0 nitrogen and oxygen atoms in total. The normalized spacial score (nSPS) is 12.3. The van der Waals surface area contributed by atoms with Crippen molar-refractivity contribution in [1.29, 1.82) is 0 Å². The van der Waals surface area contributed by atoms with Gasteiger partial charge in [0.2, 0.25) is 0 Å². The molecule has 1 aromatic carbocycles. The van der Waals surface area contributed by atoms with E-state index in [0.717, 1.165) is 0 Å². The lowest BCUT2D eigenvalue weighted by molar-refractivity contribution is 0.596. The Hall–Kier alpha value is -0.820. The van der Waals surface area contributed by atoms with Crippen molar-refractivity contribution in [2.24, 2.45) is 0 Å². The summed E-state index contributed by atoms with van der Waals surface area (Å²) in [5, 5.41) is 1.48. The monoisotopic (exact) mass is 218 g/mol. The van der Waals surface area contributed by atoms with Gasteiger partial charge in [-0.2, -0.15) is 0 Å². The van der Waals surface area contributed by atoms with E-state index in [4.69, 9.17) is 0 Å². The van der Waals surface area contributed by atoms with Crippen molar-refractivity contribution in [2.45, 2.75) is 40.0 Å². The summed E-state index contributed by atoms with van der Waals surface area (Å²) in [5.41, 5.74) is 3.17. The number of thiophene rings is 1. The SMILES string of the molecule is Cc1sc2cccc(C(C)(C)C)c2c1C. The Bertz CT molecular complexity index is 498. The maximum atomic E-state index is 2.29. The lowest BCUT2D eigenvalue weighted by Gasteiger charge is -2.20. The summed E-state index contributed by atoms with van der Waals surface area (Å²) in [7, 11) is 0. The first-order valence-corrected chi connectivity index (χ1v) is 6.22. The number of rotatable bonds is 0. The number of fused-ring (bicyclic) bond motifs is 1. The van der Waals surface area contributed by atoms with Gasteiger partial charge in [0.15, 0.2) is 0 Å². The van der Waals surface area contributed by atoms with Crippen LogP contribution >= 0.6 is 11.3 Å². The summed E-state index contributed by atoms with van der Waals surface area (Å²) in [5.74, 6) is 0. The average molecular weight is 218 g/mol. The minimum atomic E-state index is 0.234. The molecule has 0 aliphatic carbocycles. The topological polar surface area (TPSA) is 0 Å². The number of hydrogen-bond acceptors (Lipinski definition) is 1. The fourth-order valence-corrected chi connectivity index (χ4v) is 3.14. The highest BCUT2D eigenvalue weighted by atomic mass is 32.1. The van der Waals surface area contributed by atoms with Gasteiger partial charge in [0.05, 0.1) is 0 Å². The molecule has 0 saturated carbocycles. The molecule has 1 heterocycles. The Labute approximate surface area is 95.9 Å². The zero-order chi connectivity index (χ0) is 11.2. The van der Waals surface area contributed by atoms with Gasteiger partial charge in [0.1, 0.15) is 0 Å². The molecule has 80 valence electrons. The Morgan fingerprint density at radius 2 is 1.73 bits per heavy atom. The quantitative estimate of drug-likeness (QED) is 0.595. The molecule has 2 aromatic rings. The summed E-state index contributed by atoms with van der Waals surface area (Å²) >= 11 is 1.91. The largest absolute Gasteiger partial charge is 0.140 e. The minimum absolute atomic E-state index is 0.234. The molecule has 1 aromatic heterocycles. The molecule has 0 spiro atoms. The summed E-state index contributed by atoms with van der Waals surface area (Å²) in [6, 6.07) is 6.68. The predicted octanol–water partition coefficient (Wildman–Crippen LogP) is 4.82. The van der Waals surface area contributed by atoms with Crippen LogP contribution in [0.15, 0.2) is 18.2 Å². The molecule has 0 aliphatic heterocycles. The molecule has 0 radical (unpaired) electrons. The molecule has 0 bridgehead atoms. The van der Waals surface area contributed by atoms with E-state index in [1.807, 2.05) is 11.3 Å². The molecule has 2 rings (SSSR count). The Kier molecular flexibility index (Phi) is 2.38. The van der Waals surface area contributed by atoms with Crippen molar-refractivity contribution in [2.75, 3.05) is 0 Å². The number of aryl methyl sites for hydroxylation is 2. The van der Waals surface area contributed by atoms with Crippen molar-refractivity contribution in [3.8, 4) is 0 Å². The van der Waals surface area contributed by atoms with E-state index in [1.165, 1.54) is 26.1 Å². The maximum absolute atomic E-state index is 2.29. The Balaban J connectivity index is 2.86. The van der Waals surface area contributed by atoms with Crippen LogP contribution in [0.2, 0.25) is 0 Å². The molecule has 0 N–H and O–H groups in total. The molecule has 15 heavy (non-hydrogen) atoms. The van der Waals surface area contributed by atoms with Gasteiger partial charge in [-0.3, -0.25) is 0 Å². The predicted molar refractivity (Wildman–Crippen MR) is 70.0 cm³/mol. The van der Waals surface area contributed by atoms with Crippen LogP contribution in [0.25, 0.3) is 10.1 Å². The lowest BCUT2D eigenvalue weighted by Crippen LogP contribution is -2.11. The fraction of sp³-hybridized carbons (Fsp3) is 0.429. The van der Waals surface area contributed by atoms with Crippen molar-refractivity contribution in [1.82, 2.24) is 0 Å². The van der Waals surface area contributed by atoms with Gasteiger partial charge in [-0.25, -0.2) is 0 Å². The standard InChI is InChI=1S/C14H18S/c1-9-10(2)15-12-8-6-7-11(13(9)12)14(3,4)5/h6-8H,1-5H3. The molecule has 0 aliphatic rings. The van der Waals surface area contributed by atoms with E-state index in [9.17, 15) is 0 Å². The summed E-state index contributed by atoms with van der Waals surface area (Å²) < 4.78 is 1.43. The minimum Gasteiger partial charge on any atom is -0.140 e. The van der Waals surface area contributed by atoms with Crippen LogP contribution < -0.4 is 0 Å². The van der Waals surface area contributed by atoms with Crippen LogP contribution in [0.4, 0.5) is 0 Å². The molecule has 0 fully saturated rings. The van der Waals surface area contributed by atoms with Crippen molar-refractivity contribution < 1.29 is 0 Å². The second-order valence-corrected chi connectivity index (χ2v) is 6.47. The third-order valence-corrected chi connectivity index (χ3v) is 4.17. The summed E-state index contributed by atoms with van der Waals surface area (Å²) in [6.07, 6.45) is 0. The van der Waals surface area contributed by atoms with E-state index in [2.05, 4.69) is 52.8 Å². The molecular formula is C14H18S. The third-order valence-electron chi connectivity index (χ3n) is 3.00. The number of hydrogen-bond donors (Lipinski definition) is 0. The maximum Gasteiger partial charge on any atom is 0.0351 e. The van der Waals surface area contributed by atoms with Crippen LogP contribution in [-0.2, 0) is 5.41 Å². The van der Waals surface area contributed by atoms with Crippen LogP contribution in [0.3, 0.4) is 0 Å². The van der Waals surface area contributed by atoms with E-state index in [-0.39, 0.29) is 5.41 Å². The van der Waals surface area contributed by atoms with Gasteiger partial charge in [-0.1, -0.05) is 32.9 Å². The van der Waals surface area contributed by atoms with Gasteiger partial charge < -0.3 is 0 Å². The van der Waals surface area contributed by atoms with E-state index < -0.39 is 0 Å². The van der Waals surface area contributed by atoms with Crippen LogP contribution in [0, 0.1) is 13.8 Å². The van der Waals surface area contributed by atoms with Crippen LogP contribution in [-0.4, -0.2) is 0 Å². The molecule has 1 heteroatoms. The fourth-order valence-electron chi connectivity index (χ4n) is 2.05. The smallest absolute Gasteiger partial charge is 0.0351 e. The lowest BCUT2D eigenvalue weighted by atomic mass is 9.84. The molecule has 0 amide bonds. The molecule has 0 atom stereocenters. The van der Waals surface area contributed by atoms with Gasteiger partial charge in [0.25, 0.3) is 0 Å². The second-order valence-electron chi connectivity index (χ2n) is 5.21. The van der Waals surface area contributed by atoms with Crippen molar-refractivity contribution in [3.05, 3.63) is 34.2 Å². The van der Waals surface area contributed by atoms with E-state index in [1.54, 1.807) is 0 Å². The average Bonchev–Trinajstić information content (AvgIpc) is 2.41. The Morgan fingerprint density at radius 1 is 1.07 bits per heavy atom. The van der Waals surface area contributed by atoms with Crippen molar-refractivity contribution >= 4 is 21.4 Å². The van der Waals surface area contributed by atoms with Crippen LogP contribution in [0.5, 0.6) is 0 Å². The zero-order valence-electron chi connectivity index (χ0n) is 10.1. The summed E-state index contributed by atoms with van der Waals surface area (Å²) in [4.78, 5) is 1.45. The van der Waals surface area contributed by atoms with Gasteiger partial charge in [0, 0.05) is 9.58 Å². The van der Waals surface area contributed by atoms with Gasteiger partial charge >= 0.3 is 0 Å². The first kappa shape index (κ1) is 10.7. The van der Waals surface area contributed by atoms with Gasteiger partial charge in [-0.05, 0) is 41.8 Å². The molecular weight excluding hydrogens is 200 g/mol. The zero-order valence-corrected chi connectivity index (χ0v) is 11.0. The third kappa shape index (κ3) is 1.69. The summed E-state index contributed by atoms with van der Waals surface area (Å²) in [6.45, 7) is 11.3.